The number of carbonyl (C=O) groups excluding carboxylic acids is 3. The number of fused-ring (bicyclic) bond motifs is 1. The van der Waals surface area contributed by atoms with E-state index in [0.717, 1.165) is 15.6 Å². The number of hydrogen-bond donors (Lipinski definition) is 1. The fraction of sp³-hybridized carbons (Fsp3) is 0.0870. The van der Waals surface area contributed by atoms with Crippen LogP contribution in [0.25, 0.3) is 0 Å². The lowest BCUT2D eigenvalue weighted by Crippen LogP contribution is -2.30. The number of carbonyl (C=O) groups is 3. The third-order valence-corrected chi connectivity index (χ3v) is 5.60. The summed E-state index contributed by atoms with van der Waals surface area (Å²) in [7, 11) is 0. The van der Waals surface area contributed by atoms with Crippen molar-refractivity contribution in [1.29, 1.82) is 0 Å². The van der Waals surface area contributed by atoms with Gasteiger partial charge in [0.1, 0.15) is 0 Å². The molecule has 0 spiro atoms. The van der Waals surface area contributed by atoms with Crippen LogP contribution < -0.4 is 10.2 Å². The maximum atomic E-state index is 13.0. The number of halogens is 1. The van der Waals surface area contributed by atoms with E-state index in [-0.39, 0.29) is 17.4 Å². The lowest BCUT2D eigenvalue weighted by molar-refractivity contribution is 0.0924. The molecule has 0 saturated carbocycles. The Morgan fingerprint density at radius 2 is 1.59 bits per heavy atom. The van der Waals surface area contributed by atoms with Gasteiger partial charge in [0.15, 0.2) is 0 Å². The van der Waals surface area contributed by atoms with Crippen molar-refractivity contribution in [1.82, 2.24) is 0 Å². The van der Waals surface area contributed by atoms with Gasteiger partial charge in [-0.05, 0) is 73.5 Å². The molecule has 1 N–H and O–H groups in total. The molecule has 0 fully saturated rings. The quantitative estimate of drug-likeness (QED) is 0.565. The Labute approximate surface area is 176 Å². The summed E-state index contributed by atoms with van der Waals surface area (Å²) in [6, 6.07) is 17.2. The predicted octanol–water partition coefficient (Wildman–Crippen LogP) is 5.12. The van der Waals surface area contributed by atoms with Crippen LogP contribution in [0.5, 0.6) is 0 Å². The Morgan fingerprint density at radius 1 is 0.897 bits per heavy atom. The minimum atomic E-state index is -0.390. The molecular formula is C23H17BrN2O3. The largest absolute Gasteiger partial charge is 0.322 e. The number of nitrogens with one attached hydrogen (secondary N) is 1. The highest BCUT2D eigenvalue weighted by Crippen LogP contribution is 2.33. The van der Waals surface area contributed by atoms with Gasteiger partial charge in [-0.2, -0.15) is 0 Å². The molecule has 1 heterocycles. The summed E-state index contributed by atoms with van der Waals surface area (Å²) in [6.45, 7) is 3.82. The number of anilines is 2. The van der Waals surface area contributed by atoms with E-state index in [1.165, 1.54) is 4.90 Å². The summed E-state index contributed by atoms with van der Waals surface area (Å²) >= 11 is 3.34. The molecule has 4 rings (SSSR count). The molecule has 0 bridgehead atoms. The van der Waals surface area contributed by atoms with Gasteiger partial charge in [-0.15, -0.1) is 0 Å². The molecule has 0 radical (unpaired) electrons. The van der Waals surface area contributed by atoms with Gasteiger partial charge >= 0.3 is 0 Å². The average molecular weight is 449 g/mol. The lowest BCUT2D eigenvalue weighted by atomic mass is 10.1. The van der Waals surface area contributed by atoms with Crippen molar-refractivity contribution in [3.05, 3.63) is 93.0 Å². The van der Waals surface area contributed by atoms with E-state index in [1.54, 1.807) is 48.5 Å². The SMILES string of the molecule is Cc1cccc(N2C(=O)c3ccc(NC(=O)c4ccc(Br)cc4)cc3C2=O)c1C. The van der Waals surface area contributed by atoms with Crippen molar-refractivity contribution in [2.45, 2.75) is 13.8 Å². The van der Waals surface area contributed by atoms with E-state index < -0.39 is 5.91 Å². The monoisotopic (exact) mass is 448 g/mol. The molecule has 1 aliphatic rings. The number of rotatable bonds is 3. The molecule has 6 heteroatoms. The highest BCUT2D eigenvalue weighted by molar-refractivity contribution is 9.10. The second kappa shape index (κ2) is 7.29. The Kier molecular flexibility index (Phi) is 4.80. The highest BCUT2D eigenvalue weighted by atomic mass is 79.9. The molecule has 0 unspecified atom stereocenters. The zero-order valence-electron chi connectivity index (χ0n) is 15.8. The third kappa shape index (κ3) is 3.36. The van der Waals surface area contributed by atoms with E-state index in [4.69, 9.17) is 0 Å². The van der Waals surface area contributed by atoms with Crippen molar-refractivity contribution >= 4 is 45.0 Å². The first-order valence-corrected chi connectivity index (χ1v) is 9.82. The molecule has 3 aromatic carbocycles. The van der Waals surface area contributed by atoms with Crippen molar-refractivity contribution < 1.29 is 14.4 Å². The number of nitrogens with zero attached hydrogens (tertiary/aromatic N) is 1. The summed E-state index contributed by atoms with van der Waals surface area (Å²) in [5.74, 6) is -1.04. The summed E-state index contributed by atoms with van der Waals surface area (Å²) in [4.78, 5) is 39.5. The van der Waals surface area contributed by atoms with Gasteiger partial charge in [0.2, 0.25) is 0 Å². The zero-order chi connectivity index (χ0) is 20.7. The topological polar surface area (TPSA) is 66.5 Å². The van der Waals surface area contributed by atoms with Crippen molar-refractivity contribution in [2.75, 3.05) is 10.2 Å². The van der Waals surface area contributed by atoms with Crippen LogP contribution in [0.15, 0.2) is 65.1 Å². The Bertz CT molecular complexity index is 1170. The smallest absolute Gasteiger partial charge is 0.266 e. The van der Waals surface area contributed by atoms with E-state index >= 15 is 0 Å². The Morgan fingerprint density at radius 3 is 2.31 bits per heavy atom. The van der Waals surface area contributed by atoms with Crippen LogP contribution in [-0.2, 0) is 0 Å². The second-order valence-corrected chi connectivity index (χ2v) is 7.80. The summed E-state index contributed by atoms with van der Waals surface area (Å²) in [5, 5.41) is 2.78. The summed E-state index contributed by atoms with van der Waals surface area (Å²) in [6.07, 6.45) is 0. The van der Waals surface area contributed by atoms with E-state index in [0.29, 0.717) is 22.5 Å². The molecule has 1 aliphatic heterocycles. The molecule has 0 saturated heterocycles. The molecular weight excluding hydrogens is 432 g/mol. The number of amides is 3. The third-order valence-electron chi connectivity index (χ3n) is 5.07. The first-order valence-electron chi connectivity index (χ1n) is 9.03. The minimum Gasteiger partial charge on any atom is -0.322 e. The molecule has 0 aromatic heterocycles. The maximum Gasteiger partial charge on any atom is 0.266 e. The highest BCUT2D eigenvalue weighted by Gasteiger charge is 2.37. The standard InChI is InChI=1S/C23H17BrN2O3/c1-13-4-3-5-20(14(13)2)26-22(28)18-11-10-17(12-19(18)23(26)29)25-21(27)15-6-8-16(24)9-7-15/h3-12H,1-2H3,(H,25,27). The number of benzene rings is 3. The van der Waals surface area contributed by atoms with Crippen LogP contribution in [0.2, 0.25) is 0 Å². The van der Waals surface area contributed by atoms with Gasteiger partial charge in [-0.25, -0.2) is 4.90 Å². The zero-order valence-corrected chi connectivity index (χ0v) is 17.4. The summed E-state index contributed by atoms with van der Waals surface area (Å²) < 4.78 is 0.877. The molecule has 0 atom stereocenters. The summed E-state index contributed by atoms with van der Waals surface area (Å²) in [5.41, 5.74) is 4.03. The van der Waals surface area contributed by atoms with Crippen LogP contribution >= 0.6 is 15.9 Å². The second-order valence-electron chi connectivity index (χ2n) is 6.89. The van der Waals surface area contributed by atoms with Gasteiger partial charge in [-0.3, -0.25) is 14.4 Å². The van der Waals surface area contributed by atoms with Gasteiger partial charge in [0.25, 0.3) is 17.7 Å². The molecule has 144 valence electrons. The van der Waals surface area contributed by atoms with E-state index in [1.807, 2.05) is 26.0 Å². The Hall–Kier alpha value is -3.25. The van der Waals surface area contributed by atoms with E-state index in [2.05, 4.69) is 21.2 Å². The maximum absolute atomic E-state index is 13.0. The van der Waals surface area contributed by atoms with Gasteiger partial charge in [0, 0.05) is 15.7 Å². The fourth-order valence-electron chi connectivity index (χ4n) is 3.32. The molecule has 3 aromatic rings. The van der Waals surface area contributed by atoms with Gasteiger partial charge < -0.3 is 5.32 Å². The molecule has 5 nitrogen and oxygen atoms in total. The minimum absolute atomic E-state index is 0.282. The number of hydrogen-bond acceptors (Lipinski definition) is 3. The van der Waals surface area contributed by atoms with Crippen LogP contribution in [0.1, 0.15) is 42.2 Å². The predicted molar refractivity (Wildman–Crippen MR) is 116 cm³/mol. The van der Waals surface area contributed by atoms with Crippen LogP contribution in [0.4, 0.5) is 11.4 Å². The lowest BCUT2D eigenvalue weighted by Gasteiger charge is -2.17. The Balaban J connectivity index is 1.64. The van der Waals surface area contributed by atoms with E-state index in [9.17, 15) is 14.4 Å². The van der Waals surface area contributed by atoms with Crippen molar-refractivity contribution in [2.24, 2.45) is 0 Å². The molecule has 29 heavy (non-hydrogen) atoms. The molecule has 3 amide bonds. The average Bonchev–Trinajstić information content (AvgIpc) is 2.95. The van der Waals surface area contributed by atoms with Gasteiger partial charge in [0.05, 0.1) is 16.8 Å². The van der Waals surface area contributed by atoms with Crippen LogP contribution in [0.3, 0.4) is 0 Å². The van der Waals surface area contributed by atoms with Crippen molar-refractivity contribution in [3.63, 3.8) is 0 Å². The van der Waals surface area contributed by atoms with Crippen LogP contribution in [0, 0.1) is 13.8 Å². The first kappa shape index (κ1) is 19.1. The number of imide groups is 1. The normalized spacial score (nSPS) is 12.9. The van der Waals surface area contributed by atoms with Gasteiger partial charge in [-0.1, -0.05) is 28.1 Å². The van der Waals surface area contributed by atoms with Crippen molar-refractivity contribution in [3.8, 4) is 0 Å². The molecule has 0 aliphatic carbocycles. The first-order chi connectivity index (χ1) is 13.9. The number of aryl methyl sites for hydroxylation is 1. The van der Waals surface area contributed by atoms with Crippen LogP contribution in [-0.4, -0.2) is 17.7 Å². The fourth-order valence-corrected chi connectivity index (χ4v) is 3.58.